The van der Waals surface area contributed by atoms with Crippen LogP contribution in [-0.4, -0.2) is 53.6 Å². The first-order valence-corrected chi connectivity index (χ1v) is 10.5. The average molecular weight is 362 g/mol. The Labute approximate surface area is 152 Å². The van der Waals surface area contributed by atoms with Gasteiger partial charge in [-0.1, -0.05) is 24.2 Å². The van der Waals surface area contributed by atoms with Crippen molar-refractivity contribution in [2.45, 2.75) is 50.5 Å². The maximum atomic E-state index is 5.86. The topological polar surface area (TPSA) is 51.9 Å². The number of nitrogens with zero attached hydrogens (tertiary/aromatic N) is 4. The van der Waals surface area contributed by atoms with E-state index in [9.17, 15) is 0 Å². The van der Waals surface area contributed by atoms with Gasteiger partial charge in [0.25, 0.3) is 0 Å². The first-order chi connectivity index (χ1) is 12.3. The molecule has 3 fully saturated rings. The van der Waals surface area contributed by atoms with E-state index in [1.807, 2.05) is 4.52 Å². The van der Waals surface area contributed by atoms with Gasteiger partial charge in [0.2, 0.25) is 10.1 Å². The molecule has 1 aliphatic heterocycles. The Hall–Kier alpha value is -1.18. The third-order valence-corrected chi connectivity index (χ3v) is 6.57. The fourth-order valence-corrected chi connectivity index (χ4v) is 4.82. The number of hydrogen-bond donors (Lipinski definition) is 0. The smallest absolute Gasteiger partial charge is 0.214 e. The summed E-state index contributed by atoms with van der Waals surface area (Å²) in [5.41, 5.74) is 1.23. The Kier molecular flexibility index (Phi) is 4.39. The largest absolute Gasteiger partial charge is 0.378 e. The molecule has 0 radical (unpaired) electrons. The van der Waals surface area contributed by atoms with Gasteiger partial charge >= 0.3 is 0 Å². The predicted octanol–water partition coefficient (Wildman–Crippen LogP) is 3.08. The molecule has 0 spiro atoms. The molecule has 0 aromatic carbocycles. The molecule has 1 unspecified atom stereocenters. The standard InChI is InChI=1S/C18H26N4O2S/c1-2-4-14(3-1)16-10-22-17(19-16)25-18(20-22)21-7-8-24-15(9-21)12-23-11-13-5-6-13/h10,13-15H,1-9,11-12H2. The second-order valence-corrected chi connectivity index (χ2v) is 8.61. The van der Waals surface area contributed by atoms with Gasteiger partial charge in [-0.3, -0.25) is 0 Å². The summed E-state index contributed by atoms with van der Waals surface area (Å²) in [4.78, 5) is 8.18. The van der Waals surface area contributed by atoms with Crippen molar-refractivity contribution in [1.29, 1.82) is 0 Å². The summed E-state index contributed by atoms with van der Waals surface area (Å²) in [5.74, 6) is 1.45. The number of fused-ring (bicyclic) bond motifs is 1. The van der Waals surface area contributed by atoms with Crippen LogP contribution in [0, 0.1) is 5.92 Å². The molecule has 3 heterocycles. The van der Waals surface area contributed by atoms with Crippen molar-refractivity contribution in [3.05, 3.63) is 11.9 Å². The Morgan fingerprint density at radius 1 is 1.20 bits per heavy atom. The van der Waals surface area contributed by atoms with Gasteiger partial charge in [-0.15, -0.1) is 5.10 Å². The summed E-state index contributed by atoms with van der Waals surface area (Å²) >= 11 is 1.69. The Balaban J connectivity index is 1.23. The molecule has 25 heavy (non-hydrogen) atoms. The summed E-state index contributed by atoms with van der Waals surface area (Å²) in [6, 6.07) is 0. The van der Waals surface area contributed by atoms with Crippen LogP contribution in [0.25, 0.3) is 4.96 Å². The van der Waals surface area contributed by atoms with Gasteiger partial charge in [-0.25, -0.2) is 9.50 Å². The minimum atomic E-state index is 0.151. The highest BCUT2D eigenvalue weighted by Crippen LogP contribution is 2.35. The van der Waals surface area contributed by atoms with Crippen LogP contribution in [-0.2, 0) is 9.47 Å². The van der Waals surface area contributed by atoms with Gasteiger partial charge in [0.05, 0.1) is 31.2 Å². The molecule has 2 saturated carbocycles. The van der Waals surface area contributed by atoms with Crippen LogP contribution >= 0.6 is 11.3 Å². The van der Waals surface area contributed by atoms with E-state index >= 15 is 0 Å². The lowest BCUT2D eigenvalue weighted by Gasteiger charge is -2.32. The first-order valence-electron chi connectivity index (χ1n) is 9.65. The lowest BCUT2D eigenvalue weighted by molar-refractivity contribution is -0.0258. The van der Waals surface area contributed by atoms with Crippen molar-refractivity contribution >= 4 is 21.4 Å². The van der Waals surface area contributed by atoms with Gasteiger partial charge in [-0.2, -0.15) is 0 Å². The zero-order chi connectivity index (χ0) is 16.6. The van der Waals surface area contributed by atoms with Gasteiger partial charge in [0, 0.05) is 25.6 Å². The third kappa shape index (κ3) is 3.55. The van der Waals surface area contributed by atoms with E-state index in [4.69, 9.17) is 19.6 Å². The second-order valence-electron chi connectivity index (χ2n) is 7.68. The Morgan fingerprint density at radius 3 is 2.88 bits per heavy atom. The fraction of sp³-hybridized carbons (Fsp3) is 0.778. The third-order valence-electron chi connectivity index (χ3n) is 5.59. The molecule has 2 aliphatic carbocycles. The molecule has 1 atom stereocenters. The second kappa shape index (κ2) is 6.85. The fourth-order valence-electron chi connectivity index (χ4n) is 3.90. The molecular formula is C18H26N4O2S. The number of rotatable bonds is 6. The maximum Gasteiger partial charge on any atom is 0.214 e. The van der Waals surface area contributed by atoms with Crippen LogP contribution in [0.1, 0.15) is 50.1 Å². The molecule has 2 aromatic rings. The van der Waals surface area contributed by atoms with Crippen LogP contribution in [0.4, 0.5) is 5.13 Å². The number of anilines is 1. The number of ether oxygens (including phenoxy) is 2. The van der Waals surface area contributed by atoms with Crippen molar-refractivity contribution in [2.75, 3.05) is 37.8 Å². The normalized spacial score (nSPS) is 25.3. The number of morpholine rings is 1. The molecule has 0 amide bonds. The lowest BCUT2D eigenvalue weighted by Crippen LogP contribution is -2.44. The van der Waals surface area contributed by atoms with Crippen LogP contribution in [0.5, 0.6) is 0 Å². The molecule has 136 valence electrons. The van der Waals surface area contributed by atoms with Crippen LogP contribution in [0.2, 0.25) is 0 Å². The SMILES string of the molecule is c1c(C2CCCC2)nc2sc(N3CCOC(COCC4CC4)C3)nn12. The zero-order valence-corrected chi connectivity index (χ0v) is 15.4. The van der Waals surface area contributed by atoms with Gasteiger partial charge < -0.3 is 14.4 Å². The lowest BCUT2D eigenvalue weighted by atomic mass is 10.1. The van der Waals surface area contributed by atoms with Gasteiger partial charge in [0.15, 0.2) is 0 Å². The predicted molar refractivity (Wildman–Crippen MR) is 97.6 cm³/mol. The van der Waals surface area contributed by atoms with Crippen molar-refractivity contribution < 1.29 is 9.47 Å². The quantitative estimate of drug-likeness (QED) is 0.790. The van der Waals surface area contributed by atoms with Crippen molar-refractivity contribution in [3.63, 3.8) is 0 Å². The summed E-state index contributed by atoms with van der Waals surface area (Å²) in [6.45, 7) is 4.09. The van der Waals surface area contributed by atoms with E-state index in [0.29, 0.717) is 12.5 Å². The van der Waals surface area contributed by atoms with Crippen LogP contribution < -0.4 is 4.90 Å². The van der Waals surface area contributed by atoms with E-state index in [2.05, 4.69) is 11.1 Å². The molecule has 0 N–H and O–H groups in total. The average Bonchev–Trinajstić information content (AvgIpc) is 3.02. The Bertz CT molecular complexity index is 688. The van der Waals surface area contributed by atoms with E-state index in [1.54, 1.807) is 11.3 Å². The van der Waals surface area contributed by atoms with Gasteiger partial charge in [-0.05, 0) is 31.6 Å². The van der Waals surface area contributed by atoms with E-state index in [1.165, 1.54) is 44.2 Å². The highest BCUT2D eigenvalue weighted by atomic mass is 32.1. The maximum absolute atomic E-state index is 5.86. The summed E-state index contributed by atoms with van der Waals surface area (Å²) < 4.78 is 13.6. The zero-order valence-electron chi connectivity index (χ0n) is 14.6. The number of aromatic nitrogens is 3. The molecule has 1 saturated heterocycles. The summed E-state index contributed by atoms with van der Waals surface area (Å²) in [6.07, 6.45) is 10.2. The van der Waals surface area contributed by atoms with E-state index in [0.717, 1.165) is 42.3 Å². The van der Waals surface area contributed by atoms with Crippen molar-refractivity contribution in [3.8, 4) is 0 Å². The summed E-state index contributed by atoms with van der Waals surface area (Å²) in [7, 11) is 0. The minimum absolute atomic E-state index is 0.151. The number of imidazole rings is 1. The van der Waals surface area contributed by atoms with Crippen LogP contribution in [0.15, 0.2) is 6.20 Å². The molecule has 6 nitrogen and oxygen atoms in total. The minimum Gasteiger partial charge on any atom is -0.378 e. The molecule has 0 bridgehead atoms. The molecule has 5 rings (SSSR count). The summed E-state index contributed by atoms with van der Waals surface area (Å²) in [5, 5.41) is 5.84. The van der Waals surface area contributed by atoms with E-state index < -0.39 is 0 Å². The van der Waals surface area contributed by atoms with Crippen LogP contribution in [0.3, 0.4) is 0 Å². The van der Waals surface area contributed by atoms with Crippen molar-refractivity contribution in [2.24, 2.45) is 5.92 Å². The van der Waals surface area contributed by atoms with Crippen molar-refractivity contribution in [1.82, 2.24) is 14.6 Å². The first kappa shape index (κ1) is 16.0. The highest BCUT2D eigenvalue weighted by molar-refractivity contribution is 7.20. The monoisotopic (exact) mass is 362 g/mol. The van der Waals surface area contributed by atoms with Gasteiger partial charge in [0.1, 0.15) is 0 Å². The molecule has 2 aromatic heterocycles. The van der Waals surface area contributed by atoms with E-state index in [-0.39, 0.29) is 6.10 Å². The number of hydrogen-bond acceptors (Lipinski definition) is 6. The molecule has 7 heteroatoms. The highest BCUT2D eigenvalue weighted by Gasteiger charge is 2.27. The molecule has 3 aliphatic rings. The Morgan fingerprint density at radius 2 is 2.08 bits per heavy atom. The molecular weight excluding hydrogens is 336 g/mol.